The maximum Gasteiger partial charge on any atom is 0.307 e. The highest BCUT2D eigenvalue weighted by molar-refractivity contribution is 5.85. The molecule has 1 amide bonds. The fraction of sp³-hybridized carbons (Fsp3) is 0.538. The average Bonchev–Trinajstić information content (AvgIpc) is 2.97. The molecule has 1 aromatic rings. The highest BCUT2D eigenvalue weighted by Crippen LogP contribution is 2.33. The number of aliphatic carboxylic acids is 1. The first kappa shape index (κ1) is 12.7. The lowest BCUT2D eigenvalue weighted by molar-refractivity contribution is -0.148. The molecule has 0 saturated heterocycles. The molecular formula is C13H17NO4. The minimum absolute atomic E-state index is 0.101. The van der Waals surface area contributed by atoms with Crippen LogP contribution in [0.4, 0.5) is 0 Å². The van der Waals surface area contributed by atoms with Crippen LogP contribution in [0.5, 0.6) is 0 Å². The minimum Gasteiger partial charge on any atom is -0.481 e. The Kier molecular flexibility index (Phi) is 3.69. The lowest BCUT2D eigenvalue weighted by Gasteiger charge is -2.22. The molecule has 0 unspecified atom stereocenters. The van der Waals surface area contributed by atoms with Crippen LogP contribution in [0, 0.1) is 11.8 Å². The van der Waals surface area contributed by atoms with Crippen molar-refractivity contribution in [3.05, 3.63) is 24.2 Å². The van der Waals surface area contributed by atoms with E-state index in [2.05, 4.69) is 0 Å². The van der Waals surface area contributed by atoms with Crippen molar-refractivity contribution in [2.75, 3.05) is 7.05 Å². The van der Waals surface area contributed by atoms with E-state index in [0.717, 1.165) is 6.42 Å². The van der Waals surface area contributed by atoms with Crippen molar-refractivity contribution in [1.29, 1.82) is 0 Å². The van der Waals surface area contributed by atoms with Gasteiger partial charge in [-0.1, -0.05) is 6.42 Å². The van der Waals surface area contributed by atoms with Gasteiger partial charge in [-0.2, -0.15) is 0 Å². The Labute approximate surface area is 105 Å². The molecule has 1 aliphatic rings. The molecule has 1 aliphatic carbocycles. The number of carboxylic acids is 1. The number of hydrogen-bond donors (Lipinski definition) is 1. The standard InChI is InChI=1S/C13H17NO4/c1-14(8-9-4-3-7-18-9)12(15)10-5-2-6-11(10)13(16)17/h3-4,7,10-11H,2,5-6,8H2,1H3,(H,16,17)/t10-,11+/m1/s1. The number of furan rings is 1. The van der Waals surface area contributed by atoms with Crippen molar-refractivity contribution in [3.63, 3.8) is 0 Å². The van der Waals surface area contributed by atoms with Crippen LogP contribution >= 0.6 is 0 Å². The molecule has 5 nitrogen and oxygen atoms in total. The van der Waals surface area contributed by atoms with Crippen LogP contribution in [0.3, 0.4) is 0 Å². The summed E-state index contributed by atoms with van der Waals surface area (Å²) in [6.45, 7) is 0.384. The number of carbonyl (C=O) groups excluding carboxylic acids is 1. The molecule has 0 spiro atoms. The van der Waals surface area contributed by atoms with Crippen molar-refractivity contribution in [2.24, 2.45) is 11.8 Å². The summed E-state index contributed by atoms with van der Waals surface area (Å²) in [7, 11) is 1.68. The van der Waals surface area contributed by atoms with Crippen molar-refractivity contribution < 1.29 is 19.1 Å². The minimum atomic E-state index is -0.864. The molecule has 1 heterocycles. The topological polar surface area (TPSA) is 70.8 Å². The van der Waals surface area contributed by atoms with E-state index in [0.29, 0.717) is 25.1 Å². The smallest absolute Gasteiger partial charge is 0.307 e. The van der Waals surface area contributed by atoms with Gasteiger partial charge in [-0.25, -0.2) is 0 Å². The maximum absolute atomic E-state index is 12.2. The molecule has 0 aliphatic heterocycles. The van der Waals surface area contributed by atoms with Gasteiger partial charge in [0, 0.05) is 7.05 Å². The van der Waals surface area contributed by atoms with E-state index in [1.54, 1.807) is 30.3 Å². The van der Waals surface area contributed by atoms with Gasteiger partial charge in [-0.05, 0) is 25.0 Å². The van der Waals surface area contributed by atoms with E-state index >= 15 is 0 Å². The molecule has 2 rings (SSSR count). The Hall–Kier alpha value is -1.78. The van der Waals surface area contributed by atoms with E-state index in [4.69, 9.17) is 9.52 Å². The average molecular weight is 251 g/mol. The molecule has 98 valence electrons. The zero-order valence-corrected chi connectivity index (χ0v) is 10.3. The summed E-state index contributed by atoms with van der Waals surface area (Å²) in [6, 6.07) is 3.57. The third kappa shape index (κ3) is 2.55. The molecule has 5 heteroatoms. The summed E-state index contributed by atoms with van der Waals surface area (Å²) >= 11 is 0. The van der Waals surface area contributed by atoms with E-state index in [-0.39, 0.29) is 11.8 Å². The van der Waals surface area contributed by atoms with E-state index in [1.165, 1.54) is 0 Å². The predicted molar refractivity (Wildman–Crippen MR) is 63.6 cm³/mol. The summed E-state index contributed by atoms with van der Waals surface area (Å²) in [5.74, 6) is -1.18. The zero-order chi connectivity index (χ0) is 13.1. The lowest BCUT2D eigenvalue weighted by atomic mass is 9.95. The monoisotopic (exact) mass is 251 g/mol. The second-order valence-corrected chi connectivity index (χ2v) is 4.76. The predicted octanol–water partition coefficient (Wildman–Crippen LogP) is 1.74. The Morgan fingerprint density at radius 3 is 2.78 bits per heavy atom. The van der Waals surface area contributed by atoms with Gasteiger partial charge in [0.25, 0.3) is 0 Å². The number of rotatable bonds is 4. The number of carboxylic acid groups (broad SMARTS) is 1. The third-order valence-electron chi connectivity index (χ3n) is 3.50. The molecule has 1 aromatic heterocycles. The van der Waals surface area contributed by atoms with Crippen LogP contribution in [0.1, 0.15) is 25.0 Å². The van der Waals surface area contributed by atoms with Crippen molar-refractivity contribution in [2.45, 2.75) is 25.8 Å². The van der Waals surface area contributed by atoms with Gasteiger partial charge in [-0.3, -0.25) is 9.59 Å². The Balaban J connectivity index is 1.99. The molecular weight excluding hydrogens is 234 g/mol. The van der Waals surface area contributed by atoms with Gasteiger partial charge in [0.05, 0.1) is 24.6 Å². The SMILES string of the molecule is CN(Cc1ccco1)C(=O)[C@@H]1CCC[C@@H]1C(=O)O. The van der Waals surface area contributed by atoms with Gasteiger partial charge < -0.3 is 14.4 Å². The summed E-state index contributed by atoms with van der Waals surface area (Å²) in [5, 5.41) is 9.08. The highest BCUT2D eigenvalue weighted by Gasteiger charge is 2.39. The van der Waals surface area contributed by atoms with Crippen LogP contribution in [-0.4, -0.2) is 28.9 Å². The molecule has 1 N–H and O–H groups in total. The molecule has 0 radical (unpaired) electrons. The number of nitrogens with zero attached hydrogens (tertiary/aromatic N) is 1. The quantitative estimate of drug-likeness (QED) is 0.884. The first-order valence-electron chi connectivity index (χ1n) is 6.09. The lowest BCUT2D eigenvalue weighted by Crippen LogP contribution is -2.36. The van der Waals surface area contributed by atoms with Crippen LogP contribution in [0.2, 0.25) is 0 Å². The number of hydrogen-bond acceptors (Lipinski definition) is 3. The van der Waals surface area contributed by atoms with E-state index < -0.39 is 11.9 Å². The Morgan fingerprint density at radius 2 is 2.17 bits per heavy atom. The molecule has 1 fully saturated rings. The van der Waals surface area contributed by atoms with Gasteiger partial charge in [0.15, 0.2) is 0 Å². The van der Waals surface area contributed by atoms with Crippen molar-refractivity contribution >= 4 is 11.9 Å². The summed E-state index contributed by atoms with van der Waals surface area (Å²) in [6.07, 6.45) is 3.63. The van der Waals surface area contributed by atoms with Crippen LogP contribution in [0.25, 0.3) is 0 Å². The fourth-order valence-electron chi connectivity index (χ4n) is 2.55. The summed E-state index contributed by atoms with van der Waals surface area (Å²) in [5.41, 5.74) is 0. The molecule has 0 aromatic carbocycles. The molecule has 2 atom stereocenters. The maximum atomic E-state index is 12.2. The summed E-state index contributed by atoms with van der Waals surface area (Å²) in [4.78, 5) is 24.8. The molecule has 18 heavy (non-hydrogen) atoms. The van der Waals surface area contributed by atoms with Crippen molar-refractivity contribution in [3.8, 4) is 0 Å². The molecule has 1 saturated carbocycles. The van der Waals surface area contributed by atoms with Gasteiger partial charge in [0.2, 0.25) is 5.91 Å². The Bertz CT molecular complexity index is 426. The Morgan fingerprint density at radius 1 is 1.44 bits per heavy atom. The van der Waals surface area contributed by atoms with E-state index in [9.17, 15) is 9.59 Å². The molecule has 0 bridgehead atoms. The van der Waals surface area contributed by atoms with Crippen LogP contribution in [-0.2, 0) is 16.1 Å². The number of amides is 1. The van der Waals surface area contributed by atoms with E-state index in [1.807, 2.05) is 0 Å². The highest BCUT2D eigenvalue weighted by atomic mass is 16.4. The normalized spacial score (nSPS) is 22.9. The van der Waals surface area contributed by atoms with Crippen LogP contribution in [0.15, 0.2) is 22.8 Å². The van der Waals surface area contributed by atoms with Gasteiger partial charge >= 0.3 is 5.97 Å². The second-order valence-electron chi connectivity index (χ2n) is 4.76. The first-order chi connectivity index (χ1) is 8.59. The third-order valence-corrected chi connectivity index (χ3v) is 3.50. The second kappa shape index (κ2) is 5.25. The van der Waals surface area contributed by atoms with Gasteiger partial charge in [-0.15, -0.1) is 0 Å². The summed E-state index contributed by atoms with van der Waals surface area (Å²) < 4.78 is 5.18. The van der Waals surface area contributed by atoms with Crippen LogP contribution < -0.4 is 0 Å². The largest absolute Gasteiger partial charge is 0.481 e. The van der Waals surface area contributed by atoms with Gasteiger partial charge in [0.1, 0.15) is 5.76 Å². The first-order valence-corrected chi connectivity index (χ1v) is 6.09. The zero-order valence-electron chi connectivity index (χ0n) is 10.3. The van der Waals surface area contributed by atoms with Crippen molar-refractivity contribution in [1.82, 2.24) is 4.90 Å². The fourth-order valence-corrected chi connectivity index (χ4v) is 2.55. The number of carbonyl (C=O) groups is 2.